The number of nitrogens with two attached hydrogens (primary N) is 1. The van der Waals surface area contributed by atoms with E-state index in [1.54, 1.807) is 12.1 Å². The lowest BCUT2D eigenvalue weighted by Gasteiger charge is -2.12. The summed E-state index contributed by atoms with van der Waals surface area (Å²) in [5.74, 6) is 0.634. The summed E-state index contributed by atoms with van der Waals surface area (Å²) >= 11 is 0. The number of anilines is 1. The number of hydrazone groups is 1. The molecule has 2 aromatic carbocycles. The van der Waals surface area contributed by atoms with Crippen LogP contribution in [-0.4, -0.2) is 38.4 Å². The van der Waals surface area contributed by atoms with Crippen LogP contribution in [0.3, 0.4) is 0 Å². The molecule has 0 aliphatic rings. The third kappa shape index (κ3) is 4.63. The zero-order valence-electron chi connectivity index (χ0n) is 14.9. The Balaban J connectivity index is 2.20. The first-order chi connectivity index (χ1) is 12.9. The molecular formula is C17H18N4O6. The van der Waals surface area contributed by atoms with Crippen molar-refractivity contribution in [3.05, 3.63) is 51.6 Å². The summed E-state index contributed by atoms with van der Waals surface area (Å²) in [5.41, 5.74) is 8.27. The number of rotatable bonds is 7. The van der Waals surface area contributed by atoms with Gasteiger partial charge in [-0.1, -0.05) is 0 Å². The fraction of sp³-hybridized carbons (Fsp3) is 0.176. The molecule has 0 saturated carbocycles. The number of hydrogen-bond donors (Lipinski definition) is 2. The number of non-ortho nitro benzene ring substituents is 1. The van der Waals surface area contributed by atoms with Gasteiger partial charge in [-0.25, -0.2) is 5.43 Å². The smallest absolute Gasteiger partial charge is 0.272 e. The van der Waals surface area contributed by atoms with Crippen molar-refractivity contribution >= 4 is 23.5 Å². The summed E-state index contributed by atoms with van der Waals surface area (Å²) in [6, 6.07) is 6.87. The summed E-state index contributed by atoms with van der Waals surface area (Å²) in [7, 11) is 4.44. The zero-order chi connectivity index (χ0) is 20.0. The molecule has 0 spiro atoms. The van der Waals surface area contributed by atoms with Gasteiger partial charge in [-0.05, 0) is 18.2 Å². The van der Waals surface area contributed by atoms with Gasteiger partial charge in [-0.2, -0.15) is 5.10 Å². The summed E-state index contributed by atoms with van der Waals surface area (Å²) in [4.78, 5) is 22.4. The predicted molar refractivity (Wildman–Crippen MR) is 98.7 cm³/mol. The lowest BCUT2D eigenvalue weighted by molar-refractivity contribution is -0.384. The van der Waals surface area contributed by atoms with Crippen molar-refractivity contribution in [2.45, 2.75) is 0 Å². The Bertz CT molecular complexity index is 872. The van der Waals surface area contributed by atoms with Gasteiger partial charge in [-0.3, -0.25) is 14.9 Å². The summed E-state index contributed by atoms with van der Waals surface area (Å²) < 4.78 is 15.7. The first kappa shape index (κ1) is 19.5. The molecule has 2 rings (SSSR count). The van der Waals surface area contributed by atoms with E-state index in [9.17, 15) is 14.9 Å². The molecule has 0 aliphatic heterocycles. The second-order valence-electron chi connectivity index (χ2n) is 5.23. The number of nitro benzene ring substituents is 1. The molecule has 0 heterocycles. The van der Waals surface area contributed by atoms with Crippen LogP contribution in [0.25, 0.3) is 0 Å². The summed E-state index contributed by atoms with van der Waals surface area (Å²) in [5, 5.41) is 14.7. The Morgan fingerprint density at radius 2 is 1.74 bits per heavy atom. The fourth-order valence-electron chi connectivity index (χ4n) is 2.28. The van der Waals surface area contributed by atoms with Crippen LogP contribution in [0.1, 0.15) is 15.9 Å². The van der Waals surface area contributed by atoms with Gasteiger partial charge < -0.3 is 19.9 Å². The van der Waals surface area contributed by atoms with Crippen LogP contribution >= 0.6 is 0 Å². The topological polar surface area (TPSA) is 138 Å². The highest BCUT2D eigenvalue weighted by Gasteiger charge is 2.14. The summed E-state index contributed by atoms with van der Waals surface area (Å²) in [6.07, 6.45) is 1.36. The van der Waals surface area contributed by atoms with Crippen molar-refractivity contribution in [3.63, 3.8) is 0 Å². The lowest BCUT2D eigenvalue weighted by atomic mass is 10.1. The molecule has 142 valence electrons. The quantitative estimate of drug-likeness (QED) is 0.327. The van der Waals surface area contributed by atoms with Gasteiger partial charge in [0.25, 0.3) is 11.6 Å². The average Bonchev–Trinajstić information content (AvgIpc) is 2.66. The molecule has 0 bridgehead atoms. The lowest BCUT2D eigenvalue weighted by Crippen LogP contribution is -2.18. The normalized spacial score (nSPS) is 10.5. The van der Waals surface area contributed by atoms with Gasteiger partial charge in [0.05, 0.1) is 38.0 Å². The maximum Gasteiger partial charge on any atom is 0.272 e. The van der Waals surface area contributed by atoms with Crippen LogP contribution in [0.5, 0.6) is 17.2 Å². The van der Waals surface area contributed by atoms with E-state index in [0.29, 0.717) is 22.8 Å². The molecule has 0 aliphatic carbocycles. The molecule has 3 N–H and O–H groups in total. The van der Waals surface area contributed by atoms with Gasteiger partial charge in [0.2, 0.25) is 5.75 Å². The van der Waals surface area contributed by atoms with Crippen molar-refractivity contribution in [1.82, 2.24) is 5.43 Å². The Morgan fingerprint density at radius 1 is 1.11 bits per heavy atom. The number of hydrogen-bond acceptors (Lipinski definition) is 8. The SMILES string of the molecule is COc1cc(C=NNC(=O)c2cc(N)cc([N+](=O)[O-])c2)cc(OC)c1OC. The summed E-state index contributed by atoms with van der Waals surface area (Å²) in [6.45, 7) is 0. The number of benzene rings is 2. The van der Waals surface area contributed by atoms with Crippen molar-refractivity contribution in [2.24, 2.45) is 5.10 Å². The van der Waals surface area contributed by atoms with E-state index in [1.165, 1.54) is 33.6 Å². The second-order valence-corrected chi connectivity index (χ2v) is 5.23. The van der Waals surface area contributed by atoms with Crippen molar-refractivity contribution < 1.29 is 23.9 Å². The number of nitrogens with zero attached hydrogens (tertiary/aromatic N) is 2. The Hall–Kier alpha value is -3.82. The molecule has 1 amide bonds. The third-order valence-corrected chi connectivity index (χ3v) is 3.48. The van der Waals surface area contributed by atoms with E-state index in [4.69, 9.17) is 19.9 Å². The van der Waals surface area contributed by atoms with Crippen molar-refractivity contribution in [3.8, 4) is 17.2 Å². The first-order valence-electron chi connectivity index (χ1n) is 7.58. The van der Waals surface area contributed by atoms with E-state index in [-0.39, 0.29) is 16.9 Å². The van der Waals surface area contributed by atoms with Crippen molar-refractivity contribution in [1.29, 1.82) is 0 Å². The van der Waals surface area contributed by atoms with Crippen LogP contribution in [0, 0.1) is 10.1 Å². The molecule has 0 radical (unpaired) electrons. The third-order valence-electron chi connectivity index (χ3n) is 3.48. The molecule has 2 aromatic rings. The van der Waals surface area contributed by atoms with Crippen molar-refractivity contribution in [2.75, 3.05) is 27.1 Å². The zero-order valence-corrected chi connectivity index (χ0v) is 14.9. The Morgan fingerprint density at radius 3 is 2.26 bits per heavy atom. The maximum absolute atomic E-state index is 12.1. The largest absolute Gasteiger partial charge is 0.493 e. The molecule has 0 fully saturated rings. The molecule has 27 heavy (non-hydrogen) atoms. The number of methoxy groups -OCH3 is 3. The minimum atomic E-state index is -0.644. The highest BCUT2D eigenvalue weighted by molar-refractivity contribution is 5.96. The molecule has 0 atom stereocenters. The minimum absolute atomic E-state index is 0.0174. The van der Waals surface area contributed by atoms with Crippen LogP contribution < -0.4 is 25.4 Å². The molecule has 0 aromatic heterocycles. The Labute approximate surface area is 154 Å². The molecular weight excluding hydrogens is 356 g/mol. The number of carbonyl (C=O) groups is 1. The van der Waals surface area contributed by atoms with E-state index >= 15 is 0 Å². The number of nitrogens with one attached hydrogen (secondary N) is 1. The predicted octanol–water partition coefficient (Wildman–Crippen LogP) is 1.97. The molecule has 0 unspecified atom stereocenters. The van der Waals surface area contributed by atoms with E-state index < -0.39 is 10.8 Å². The number of carbonyl (C=O) groups excluding carboxylic acids is 1. The van der Waals surface area contributed by atoms with Gasteiger partial charge in [0, 0.05) is 23.4 Å². The van der Waals surface area contributed by atoms with E-state index in [2.05, 4.69) is 10.5 Å². The highest BCUT2D eigenvalue weighted by Crippen LogP contribution is 2.37. The van der Waals surface area contributed by atoms with Gasteiger partial charge in [0.1, 0.15) is 0 Å². The van der Waals surface area contributed by atoms with Crippen LogP contribution in [0.2, 0.25) is 0 Å². The van der Waals surface area contributed by atoms with E-state index in [0.717, 1.165) is 12.1 Å². The first-order valence-corrected chi connectivity index (χ1v) is 7.58. The molecule has 0 saturated heterocycles. The highest BCUT2D eigenvalue weighted by atomic mass is 16.6. The van der Waals surface area contributed by atoms with Gasteiger partial charge in [-0.15, -0.1) is 0 Å². The molecule has 10 nitrogen and oxygen atoms in total. The minimum Gasteiger partial charge on any atom is -0.493 e. The number of amides is 1. The average molecular weight is 374 g/mol. The van der Waals surface area contributed by atoms with Crippen LogP contribution in [0.15, 0.2) is 35.4 Å². The van der Waals surface area contributed by atoms with E-state index in [1.807, 2.05) is 0 Å². The van der Waals surface area contributed by atoms with Gasteiger partial charge >= 0.3 is 0 Å². The van der Waals surface area contributed by atoms with Crippen LogP contribution in [0.4, 0.5) is 11.4 Å². The second kappa shape index (κ2) is 8.52. The Kier molecular flexibility index (Phi) is 6.15. The monoisotopic (exact) mass is 374 g/mol. The standard InChI is InChI=1S/C17H18N4O6/c1-25-14-4-10(5-15(26-2)16(14)27-3)9-19-20-17(22)11-6-12(18)8-13(7-11)21(23)24/h4-9H,18H2,1-3H3,(H,20,22). The number of nitrogen functional groups attached to an aromatic ring is 1. The number of ether oxygens (including phenoxy) is 3. The fourth-order valence-corrected chi connectivity index (χ4v) is 2.28. The van der Waals surface area contributed by atoms with Crippen LogP contribution in [-0.2, 0) is 0 Å². The van der Waals surface area contributed by atoms with Gasteiger partial charge in [0.15, 0.2) is 11.5 Å². The number of nitro groups is 1. The molecule has 10 heteroatoms. The maximum atomic E-state index is 12.1.